The third kappa shape index (κ3) is 4.93. The second-order valence-electron chi connectivity index (χ2n) is 13.1. The van der Waals surface area contributed by atoms with Crippen LogP contribution >= 0.6 is 11.8 Å². The van der Waals surface area contributed by atoms with Crippen LogP contribution in [0.5, 0.6) is 0 Å². The van der Waals surface area contributed by atoms with Crippen molar-refractivity contribution < 1.29 is 0 Å². The molecule has 0 fully saturated rings. The first kappa shape index (κ1) is 30.4. The molecule has 0 atom stereocenters. The van der Waals surface area contributed by atoms with Crippen molar-refractivity contribution in [2.75, 3.05) is 0 Å². The smallest absolute Gasteiger partial charge is 0.160 e. The van der Waals surface area contributed by atoms with Crippen molar-refractivity contribution in [3.05, 3.63) is 204 Å². The second kappa shape index (κ2) is 12.4. The van der Waals surface area contributed by atoms with Gasteiger partial charge in [-0.2, -0.15) is 0 Å². The molecule has 244 valence electrons. The van der Waals surface area contributed by atoms with Gasteiger partial charge in [-0.05, 0) is 81.9 Å². The first-order valence-electron chi connectivity index (χ1n) is 17.4. The normalized spacial score (nSPS) is 13.4. The Balaban J connectivity index is 1.21. The molecule has 5 aromatic carbocycles. The van der Waals surface area contributed by atoms with Crippen LogP contribution in [0.3, 0.4) is 0 Å². The molecule has 0 saturated heterocycles. The Kier molecular flexibility index (Phi) is 7.25. The lowest BCUT2D eigenvalue weighted by molar-refractivity contribution is 0.701. The quantitative estimate of drug-likeness (QED) is 0.185. The molecule has 8 aromatic rings. The van der Waals surface area contributed by atoms with Gasteiger partial charge < -0.3 is 0 Å². The summed E-state index contributed by atoms with van der Waals surface area (Å²) in [6.07, 6.45) is 10.0. The van der Waals surface area contributed by atoms with E-state index in [1.807, 2.05) is 60.6 Å². The van der Waals surface area contributed by atoms with Crippen LogP contribution in [0.15, 0.2) is 180 Å². The number of hydrogen-bond acceptors (Lipinski definition) is 5. The molecule has 0 unspecified atom stereocenters. The van der Waals surface area contributed by atoms with E-state index in [2.05, 4.69) is 132 Å². The Morgan fingerprint density at radius 2 is 1.04 bits per heavy atom. The van der Waals surface area contributed by atoms with Crippen molar-refractivity contribution in [3.8, 4) is 45.2 Å². The minimum Gasteiger partial charge on any atom is -0.264 e. The van der Waals surface area contributed by atoms with Crippen LogP contribution in [0.25, 0.3) is 57.3 Å². The van der Waals surface area contributed by atoms with E-state index in [0.29, 0.717) is 5.82 Å². The van der Waals surface area contributed by atoms with Crippen molar-refractivity contribution in [3.63, 3.8) is 0 Å². The molecule has 1 spiro atoms. The summed E-state index contributed by atoms with van der Waals surface area (Å²) in [7, 11) is 0. The lowest BCUT2D eigenvalue weighted by Gasteiger charge is -2.42. The van der Waals surface area contributed by atoms with Crippen LogP contribution in [0.1, 0.15) is 33.4 Å². The van der Waals surface area contributed by atoms with E-state index in [-0.39, 0.29) is 0 Å². The van der Waals surface area contributed by atoms with Gasteiger partial charge in [0.05, 0.1) is 22.5 Å². The molecule has 0 bridgehead atoms. The predicted octanol–water partition coefficient (Wildman–Crippen LogP) is 11.3. The summed E-state index contributed by atoms with van der Waals surface area (Å²) in [5, 5.41) is 0. The molecule has 0 N–H and O–H groups in total. The fraction of sp³-hybridized carbons (Fsp3) is 0.0213. The zero-order valence-corrected chi connectivity index (χ0v) is 28.8. The fourth-order valence-electron chi connectivity index (χ4n) is 7.76. The number of aromatic nitrogens is 4. The first-order chi connectivity index (χ1) is 25.8. The summed E-state index contributed by atoms with van der Waals surface area (Å²) in [5.41, 5.74) is 13.4. The zero-order valence-electron chi connectivity index (χ0n) is 28.0. The summed E-state index contributed by atoms with van der Waals surface area (Å²) in [6.45, 7) is 0. The monoisotopic (exact) mass is 682 g/mol. The van der Waals surface area contributed by atoms with Gasteiger partial charge in [0.1, 0.15) is 0 Å². The van der Waals surface area contributed by atoms with E-state index in [9.17, 15) is 0 Å². The van der Waals surface area contributed by atoms with Crippen LogP contribution in [0, 0.1) is 0 Å². The molecule has 5 heteroatoms. The Hall–Kier alpha value is -6.43. The molecule has 0 saturated carbocycles. The van der Waals surface area contributed by atoms with E-state index in [1.165, 1.54) is 43.2 Å². The predicted molar refractivity (Wildman–Crippen MR) is 211 cm³/mol. The summed E-state index contributed by atoms with van der Waals surface area (Å²) >= 11 is 1.86. The minimum absolute atomic E-state index is 0.548. The number of fused-ring (bicyclic) bond motifs is 8. The maximum Gasteiger partial charge on any atom is 0.160 e. The molecule has 52 heavy (non-hydrogen) atoms. The minimum atomic E-state index is -0.548. The van der Waals surface area contributed by atoms with Gasteiger partial charge >= 0.3 is 0 Å². The Morgan fingerprint density at radius 1 is 0.423 bits per heavy atom. The molecule has 1 aliphatic heterocycles. The summed E-state index contributed by atoms with van der Waals surface area (Å²) in [6, 6.07) is 53.9. The number of nitrogens with zero attached hydrogens (tertiary/aromatic N) is 4. The van der Waals surface area contributed by atoms with Crippen LogP contribution < -0.4 is 0 Å². The van der Waals surface area contributed by atoms with Gasteiger partial charge in [-0.3, -0.25) is 9.97 Å². The van der Waals surface area contributed by atoms with Gasteiger partial charge in [-0.15, -0.1) is 0 Å². The molecule has 4 heterocycles. The molecular formula is C47H30N4S. The molecular weight excluding hydrogens is 653 g/mol. The van der Waals surface area contributed by atoms with Gasteiger partial charge in [0.25, 0.3) is 0 Å². The molecule has 0 amide bonds. The maximum atomic E-state index is 5.24. The van der Waals surface area contributed by atoms with Crippen LogP contribution in [0.2, 0.25) is 0 Å². The molecule has 10 rings (SSSR count). The Morgan fingerprint density at radius 3 is 1.75 bits per heavy atom. The van der Waals surface area contributed by atoms with Gasteiger partial charge in [0.2, 0.25) is 0 Å². The van der Waals surface area contributed by atoms with E-state index in [1.54, 1.807) is 6.20 Å². The van der Waals surface area contributed by atoms with E-state index >= 15 is 0 Å². The highest BCUT2D eigenvalue weighted by Crippen LogP contribution is 2.58. The Bertz CT molecular complexity index is 2610. The van der Waals surface area contributed by atoms with E-state index in [4.69, 9.17) is 15.0 Å². The summed E-state index contributed by atoms with van der Waals surface area (Å²) in [4.78, 5) is 22.0. The van der Waals surface area contributed by atoms with Gasteiger partial charge in [0.15, 0.2) is 5.82 Å². The van der Waals surface area contributed by atoms with Crippen LogP contribution in [-0.4, -0.2) is 19.9 Å². The van der Waals surface area contributed by atoms with E-state index < -0.39 is 5.41 Å². The third-order valence-electron chi connectivity index (χ3n) is 10.1. The molecule has 1 aliphatic carbocycles. The zero-order chi connectivity index (χ0) is 34.5. The lowest BCUT2D eigenvalue weighted by Crippen LogP contribution is -2.35. The molecule has 2 aliphatic rings. The van der Waals surface area contributed by atoms with Crippen molar-refractivity contribution >= 4 is 23.9 Å². The number of benzene rings is 5. The SMILES string of the molecule is C1=Cc2ccc(-c3cc(-c4ccc(-c5cccnc5)nc4)nc(-c4ccccc4)n3)cc2C2(c3ccccc31)c1ccccc1Sc1ccccc12. The topological polar surface area (TPSA) is 51.6 Å². The highest BCUT2D eigenvalue weighted by Gasteiger charge is 2.46. The average Bonchev–Trinajstić information content (AvgIpc) is 3.36. The van der Waals surface area contributed by atoms with E-state index in [0.717, 1.165) is 39.3 Å². The first-order valence-corrected chi connectivity index (χ1v) is 18.2. The highest BCUT2D eigenvalue weighted by molar-refractivity contribution is 7.99. The molecule has 3 aromatic heterocycles. The van der Waals surface area contributed by atoms with Crippen LogP contribution in [-0.2, 0) is 5.41 Å². The average molecular weight is 683 g/mol. The maximum absolute atomic E-state index is 5.24. The number of pyridine rings is 2. The third-order valence-corrected chi connectivity index (χ3v) is 11.3. The summed E-state index contributed by atoms with van der Waals surface area (Å²) in [5.74, 6) is 0.670. The highest BCUT2D eigenvalue weighted by atomic mass is 32.2. The second-order valence-corrected chi connectivity index (χ2v) is 14.2. The number of rotatable bonds is 4. The van der Waals surface area contributed by atoms with Crippen molar-refractivity contribution in [1.82, 2.24) is 19.9 Å². The Labute approximate surface area is 306 Å². The largest absolute Gasteiger partial charge is 0.264 e. The lowest BCUT2D eigenvalue weighted by atomic mass is 9.63. The summed E-state index contributed by atoms with van der Waals surface area (Å²) < 4.78 is 0. The van der Waals surface area contributed by atoms with Gasteiger partial charge in [-0.25, -0.2) is 9.97 Å². The van der Waals surface area contributed by atoms with Crippen molar-refractivity contribution in [2.24, 2.45) is 0 Å². The van der Waals surface area contributed by atoms with Crippen molar-refractivity contribution in [1.29, 1.82) is 0 Å². The van der Waals surface area contributed by atoms with Gasteiger partial charge in [-0.1, -0.05) is 127 Å². The molecule has 0 radical (unpaired) electrons. The van der Waals surface area contributed by atoms with Crippen LogP contribution in [0.4, 0.5) is 0 Å². The standard InChI is InChI=1S/C47H30N4S/c1-2-12-33(13-3-1)46-50-42(28-43(51-46)36-24-25-41(49-30-36)35-14-10-26-48-29-35)34-23-22-32-21-20-31-11-4-5-15-37(31)47(40(32)27-34)38-16-6-8-18-44(38)52-45-19-9-7-17-39(45)47/h1-30H. The van der Waals surface area contributed by atoms with Crippen molar-refractivity contribution in [2.45, 2.75) is 15.2 Å². The van der Waals surface area contributed by atoms with Gasteiger partial charge in [0, 0.05) is 50.6 Å². The molecule has 4 nitrogen and oxygen atoms in total. The fourth-order valence-corrected chi connectivity index (χ4v) is 8.95. The number of hydrogen-bond donors (Lipinski definition) is 0.